The standard InChI is InChI=1S/C7H12N4S2.H2O4S/c8-7(9)10-1-2-12-3-6-4-13-5-11-6;1-5(2,3)4/h4-5H,1-3H2,(H4,8,9,10);(H2,1,2,3,4). The zero-order valence-corrected chi connectivity index (χ0v) is 11.7. The third kappa shape index (κ3) is 15.1. The molecule has 1 rings (SSSR count). The van der Waals surface area contributed by atoms with Gasteiger partial charge in [0.1, 0.15) is 0 Å². The zero-order chi connectivity index (χ0) is 14.0. The molecule has 0 bridgehead atoms. The van der Waals surface area contributed by atoms with Crippen molar-refractivity contribution in [1.29, 1.82) is 0 Å². The van der Waals surface area contributed by atoms with Gasteiger partial charge in [-0.2, -0.15) is 20.2 Å². The van der Waals surface area contributed by atoms with Gasteiger partial charge in [0.05, 0.1) is 17.7 Å². The largest absolute Gasteiger partial charge is 0.394 e. The molecule has 0 spiro atoms. The molecule has 18 heavy (non-hydrogen) atoms. The fourth-order valence-electron chi connectivity index (χ4n) is 0.725. The van der Waals surface area contributed by atoms with Crippen molar-refractivity contribution in [2.75, 3.05) is 12.3 Å². The normalized spacial score (nSPS) is 10.3. The Morgan fingerprint density at radius 2 is 2.11 bits per heavy atom. The minimum absolute atomic E-state index is 0.161. The molecule has 0 aliphatic heterocycles. The Labute approximate surface area is 113 Å². The maximum absolute atomic E-state index is 8.74. The third-order valence-electron chi connectivity index (χ3n) is 1.26. The Kier molecular flexibility index (Phi) is 8.66. The highest BCUT2D eigenvalue weighted by Gasteiger charge is 1.94. The molecular weight excluding hydrogens is 300 g/mol. The van der Waals surface area contributed by atoms with E-state index < -0.39 is 10.4 Å². The number of aromatic nitrogens is 1. The van der Waals surface area contributed by atoms with Crippen LogP contribution >= 0.6 is 23.1 Å². The summed E-state index contributed by atoms with van der Waals surface area (Å²) in [5.74, 6) is 2.02. The minimum Gasteiger partial charge on any atom is -0.370 e. The van der Waals surface area contributed by atoms with Gasteiger partial charge < -0.3 is 11.5 Å². The second kappa shape index (κ2) is 9.10. The van der Waals surface area contributed by atoms with Gasteiger partial charge in [0.25, 0.3) is 0 Å². The van der Waals surface area contributed by atoms with Crippen LogP contribution in [0.5, 0.6) is 0 Å². The predicted octanol–water partition coefficient (Wildman–Crippen LogP) is -0.00310. The number of nitrogens with two attached hydrogens (primary N) is 2. The fourth-order valence-corrected chi connectivity index (χ4v) is 2.12. The van der Waals surface area contributed by atoms with Crippen molar-refractivity contribution in [3.05, 3.63) is 16.6 Å². The molecule has 0 amide bonds. The van der Waals surface area contributed by atoms with Gasteiger partial charge in [-0.15, -0.1) is 11.3 Å². The minimum atomic E-state index is -4.67. The van der Waals surface area contributed by atoms with Gasteiger partial charge in [-0.25, -0.2) is 4.98 Å². The molecular formula is C7H14N4O4S3. The van der Waals surface area contributed by atoms with E-state index in [0.717, 1.165) is 17.2 Å². The summed E-state index contributed by atoms with van der Waals surface area (Å²) in [6, 6.07) is 0. The number of nitrogens with zero attached hydrogens (tertiary/aromatic N) is 2. The first-order valence-corrected chi connectivity index (χ1v) is 7.98. The van der Waals surface area contributed by atoms with E-state index in [-0.39, 0.29) is 5.96 Å². The molecule has 1 aromatic heterocycles. The molecule has 0 radical (unpaired) electrons. The van der Waals surface area contributed by atoms with E-state index in [0.29, 0.717) is 6.54 Å². The third-order valence-corrected chi connectivity index (χ3v) is 2.87. The van der Waals surface area contributed by atoms with Crippen LogP contribution in [0, 0.1) is 0 Å². The Morgan fingerprint density at radius 1 is 1.50 bits per heavy atom. The van der Waals surface area contributed by atoms with E-state index in [1.807, 2.05) is 10.9 Å². The number of hydrogen-bond acceptors (Lipinski definition) is 6. The lowest BCUT2D eigenvalue weighted by Gasteiger charge is -1.95. The van der Waals surface area contributed by atoms with Gasteiger partial charge in [0.2, 0.25) is 0 Å². The topological polar surface area (TPSA) is 152 Å². The molecule has 0 saturated carbocycles. The number of aliphatic imine (C=N–C) groups is 1. The van der Waals surface area contributed by atoms with Gasteiger partial charge >= 0.3 is 10.4 Å². The molecule has 1 heterocycles. The highest BCUT2D eigenvalue weighted by Crippen LogP contribution is 2.11. The second-order valence-corrected chi connectivity index (χ2v) is 5.51. The molecule has 11 heteroatoms. The zero-order valence-electron chi connectivity index (χ0n) is 9.26. The number of thioether (sulfide) groups is 1. The molecule has 0 saturated heterocycles. The molecule has 0 aliphatic carbocycles. The van der Waals surface area contributed by atoms with E-state index in [2.05, 4.69) is 9.98 Å². The Balaban J connectivity index is 0.000000494. The Morgan fingerprint density at radius 3 is 2.56 bits per heavy atom. The summed E-state index contributed by atoms with van der Waals surface area (Å²) in [4.78, 5) is 8.04. The first kappa shape index (κ1) is 17.1. The van der Waals surface area contributed by atoms with Gasteiger partial charge in [-0.1, -0.05) is 0 Å². The summed E-state index contributed by atoms with van der Waals surface area (Å²) >= 11 is 3.40. The van der Waals surface area contributed by atoms with E-state index >= 15 is 0 Å². The van der Waals surface area contributed by atoms with E-state index in [1.54, 1.807) is 23.1 Å². The average Bonchev–Trinajstić information content (AvgIpc) is 2.66. The van der Waals surface area contributed by atoms with Gasteiger partial charge in [-0.05, 0) is 0 Å². The fraction of sp³-hybridized carbons (Fsp3) is 0.429. The van der Waals surface area contributed by atoms with Crippen LogP contribution in [-0.4, -0.2) is 40.8 Å². The van der Waals surface area contributed by atoms with Crippen molar-refractivity contribution in [2.24, 2.45) is 16.5 Å². The summed E-state index contributed by atoms with van der Waals surface area (Å²) in [7, 11) is -4.67. The van der Waals surface area contributed by atoms with Crippen LogP contribution in [0.15, 0.2) is 15.9 Å². The molecule has 0 aliphatic rings. The van der Waals surface area contributed by atoms with Crippen LogP contribution in [0.25, 0.3) is 0 Å². The molecule has 104 valence electrons. The number of rotatable bonds is 5. The lowest BCUT2D eigenvalue weighted by atomic mass is 10.6. The van der Waals surface area contributed by atoms with Crippen molar-refractivity contribution in [2.45, 2.75) is 5.75 Å². The molecule has 0 unspecified atom stereocenters. The molecule has 0 atom stereocenters. The monoisotopic (exact) mass is 314 g/mol. The van der Waals surface area contributed by atoms with Gasteiger partial charge in [0.15, 0.2) is 5.96 Å². The summed E-state index contributed by atoms with van der Waals surface area (Å²) in [6.45, 7) is 0.678. The van der Waals surface area contributed by atoms with Crippen molar-refractivity contribution in [3.8, 4) is 0 Å². The number of guanidine groups is 1. The predicted molar refractivity (Wildman–Crippen MR) is 73.1 cm³/mol. The average molecular weight is 314 g/mol. The maximum atomic E-state index is 8.74. The van der Waals surface area contributed by atoms with Crippen LogP contribution in [0.3, 0.4) is 0 Å². The van der Waals surface area contributed by atoms with Crippen LogP contribution in [-0.2, 0) is 16.2 Å². The van der Waals surface area contributed by atoms with Gasteiger partial charge in [0, 0.05) is 16.9 Å². The van der Waals surface area contributed by atoms with Crippen LogP contribution in [0.2, 0.25) is 0 Å². The van der Waals surface area contributed by atoms with E-state index in [1.165, 1.54) is 0 Å². The first-order chi connectivity index (χ1) is 8.29. The van der Waals surface area contributed by atoms with Crippen molar-refractivity contribution < 1.29 is 17.5 Å². The quantitative estimate of drug-likeness (QED) is 0.256. The molecule has 8 nitrogen and oxygen atoms in total. The summed E-state index contributed by atoms with van der Waals surface area (Å²) in [5.41, 5.74) is 13.3. The van der Waals surface area contributed by atoms with Crippen LogP contribution in [0.1, 0.15) is 5.69 Å². The van der Waals surface area contributed by atoms with Gasteiger partial charge in [-0.3, -0.25) is 14.1 Å². The second-order valence-electron chi connectivity index (χ2n) is 2.79. The summed E-state index contributed by atoms with van der Waals surface area (Å²) in [6.07, 6.45) is 0. The van der Waals surface area contributed by atoms with Crippen LogP contribution < -0.4 is 11.5 Å². The SMILES string of the molecule is NC(N)=NCCSCc1cscn1.O=S(=O)(O)O. The van der Waals surface area contributed by atoms with E-state index in [4.69, 9.17) is 29.0 Å². The first-order valence-electron chi connectivity index (χ1n) is 4.49. The number of hydrogen-bond donors (Lipinski definition) is 4. The highest BCUT2D eigenvalue weighted by molar-refractivity contribution is 7.98. The maximum Gasteiger partial charge on any atom is 0.394 e. The van der Waals surface area contributed by atoms with Crippen LogP contribution in [0.4, 0.5) is 0 Å². The molecule has 1 aromatic rings. The van der Waals surface area contributed by atoms with Crippen molar-refractivity contribution >= 4 is 39.5 Å². The highest BCUT2D eigenvalue weighted by atomic mass is 32.3. The molecule has 6 N–H and O–H groups in total. The summed E-state index contributed by atoms with van der Waals surface area (Å²) < 4.78 is 31.6. The lowest BCUT2D eigenvalue weighted by Crippen LogP contribution is -2.23. The van der Waals surface area contributed by atoms with E-state index in [9.17, 15) is 0 Å². The molecule has 0 aromatic carbocycles. The number of thiazole rings is 1. The van der Waals surface area contributed by atoms with Crippen molar-refractivity contribution in [3.63, 3.8) is 0 Å². The Bertz CT molecular complexity index is 433. The molecule has 0 fully saturated rings. The smallest absolute Gasteiger partial charge is 0.370 e. The van der Waals surface area contributed by atoms with Crippen molar-refractivity contribution in [1.82, 2.24) is 4.98 Å². The summed E-state index contributed by atoms with van der Waals surface area (Å²) in [5, 5.41) is 2.05. The lowest BCUT2D eigenvalue weighted by molar-refractivity contribution is 0.381. The Hall–Kier alpha value is -0.880.